The molecule has 0 aliphatic carbocycles. The number of carbonyl (C=O) groups is 4. The van der Waals surface area contributed by atoms with Crippen LogP contribution in [-0.2, 0) is 65.4 Å². The predicted molar refractivity (Wildman–Crippen MR) is 368 cm³/mol. The molecule has 17 nitrogen and oxygen atoms in total. The zero-order chi connectivity index (χ0) is 67.0. The SMILES string of the molecule is CCCCCCCCCCCCCCCCCCCCCCCC(=O)O[C@H](COC(=O)CCCCCCCCCCCCCCCCC)COP(=O)(O)OC[C@@H](O)COP(=O)(O)OC[C@@H](COC(=O)CCCCCCC)OC(=O)CCCCCCCCC(C)CC. The summed E-state index contributed by atoms with van der Waals surface area (Å²) in [6, 6.07) is 0. The van der Waals surface area contributed by atoms with Crippen molar-refractivity contribution in [1.82, 2.24) is 0 Å². The molecule has 0 aromatic rings. The van der Waals surface area contributed by atoms with Gasteiger partial charge in [-0.1, -0.05) is 324 Å². The Morgan fingerprint density at radius 1 is 0.308 bits per heavy atom. The van der Waals surface area contributed by atoms with Crippen LogP contribution >= 0.6 is 15.6 Å². The van der Waals surface area contributed by atoms with Gasteiger partial charge in [0.15, 0.2) is 12.2 Å². The fourth-order valence-corrected chi connectivity index (χ4v) is 12.5. The van der Waals surface area contributed by atoms with Crippen LogP contribution in [0.4, 0.5) is 0 Å². The van der Waals surface area contributed by atoms with Gasteiger partial charge in [-0.15, -0.1) is 0 Å². The zero-order valence-corrected chi connectivity index (χ0v) is 60.8. The van der Waals surface area contributed by atoms with E-state index in [1.807, 2.05) is 0 Å². The lowest BCUT2D eigenvalue weighted by atomic mass is 10.00. The number of hydrogen-bond acceptors (Lipinski definition) is 15. The van der Waals surface area contributed by atoms with Gasteiger partial charge in [-0.3, -0.25) is 37.3 Å². The highest BCUT2D eigenvalue weighted by Crippen LogP contribution is 2.45. The summed E-state index contributed by atoms with van der Waals surface area (Å²) in [5, 5.41) is 10.6. The summed E-state index contributed by atoms with van der Waals surface area (Å²) >= 11 is 0. The van der Waals surface area contributed by atoms with Crippen molar-refractivity contribution < 1.29 is 80.2 Å². The van der Waals surface area contributed by atoms with Crippen molar-refractivity contribution in [2.45, 2.75) is 393 Å². The van der Waals surface area contributed by atoms with Gasteiger partial charge in [-0.25, -0.2) is 9.13 Å². The lowest BCUT2D eigenvalue weighted by Gasteiger charge is -2.21. The Balaban J connectivity index is 5.12. The summed E-state index contributed by atoms with van der Waals surface area (Å²) in [4.78, 5) is 72.3. The van der Waals surface area contributed by atoms with E-state index in [1.165, 1.54) is 193 Å². The standard InChI is InChI=1S/C72H140O17P2/c1-6-10-13-16-18-20-22-24-26-27-28-29-30-31-33-35-37-39-41-47-52-57-71(76)88-68(62-83-70(75)56-51-46-40-38-36-34-32-25-23-21-19-17-14-11-7-2)64-87-91(80,81)85-60-66(73)59-84-90(78,79)86-63-67(61-82-69(74)55-50-44-15-12-8-3)89-72(77)58-53-48-43-42-45-49-54-65(5)9-4/h65-68,73H,6-64H2,1-5H3,(H,78,79)(H,80,81)/t65?,66-,67+,68+/m0/s1. The molecule has 0 rings (SSSR count). The largest absolute Gasteiger partial charge is 0.472 e. The van der Waals surface area contributed by atoms with E-state index in [2.05, 4.69) is 34.6 Å². The van der Waals surface area contributed by atoms with Crippen molar-refractivity contribution in [2.24, 2.45) is 5.92 Å². The topological polar surface area (TPSA) is 237 Å². The minimum absolute atomic E-state index is 0.102. The van der Waals surface area contributed by atoms with Crippen LogP contribution in [0.15, 0.2) is 0 Å². The summed E-state index contributed by atoms with van der Waals surface area (Å²) < 4.78 is 68.1. The Bertz CT molecular complexity index is 1760. The van der Waals surface area contributed by atoms with Gasteiger partial charge in [0, 0.05) is 25.7 Å². The molecule has 0 aromatic carbocycles. The molecule has 91 heavy (non-hydrogen) atoms. The van der Waals surface area contributed by atoms with Crippen LogP contribution in [0.25, 0.3) is 0 Å². The number of rotatable bonds is 72. The molecule has 3 N–H and O–H groups in total. The van der Waals surface area contributed by atoms with Gasteiger partial charge in [0.1, 0.15) is 19.3 Å². The van der Waals surface area contributed by atoms with Crippen molar-refractivity contribution >= 4 is 39.5 Å². The van der Waals surface area contributed by atoms with Crippen LogP contribution in [0.2, 0.25) is 0 Å². The van der Waals surface area contributed by atoms with E-state index in [4.69, 9.17) is 37.0 Å². The Morgan fingerprint density at radius 3 is 0.780 bits per heavy atom. The summed E-state index contributed by atoms with van der Waals surface area (Å²) in [6.07, 6.45) is 53.4. The molecule has 0 amide bonds. The fraction of sp³-hybridized carbons (Fsp3) is 0.944. The molecule has 0 bridgehead atoms. The monoisotopic (exact) mass is 1340 g/mol. The fourth-order valence-electron chi connectivity index (χ4n) is 11.0. The van der Waals surface area contributed by atoms with E-state index in [1.54, 1.807) is 0 Å². The van der Waals surface area contributed by atoms with Crippen molar-refractivity contribution in [3.63, 3.8) is 0 Å². The minimum atomic E-state index is -4.95. The van der Waals surface area contributed by atoms with E-state index in [9.17, 15) is 43.2 Å². The maximum atomic E-state index is 13.1. The quantitative estimate of drug-likeness (QED) is 0.0222. The van der Waals surface area contributed by atoms with Gasteiger partial charge in [-0.05, 0) is 31.6 Å². The first kappa shape index (κ1) is 89.1. The third kappa shape index (κ3) is 65.1. The Hall–Kier alpha value is -1.94. The number of esters is 4. The second-order valence-corrected chi connectivity index (χ2v) is 29.1. The molecule has 0 aliphatic rings. The highest BCUT2D eigenvalue weighted by Gasteiger charge is 2.30. The van der Waals surface area contributed by atoms with Crippen LogP contribution in [-0.4, -0.2) is 96.7 Å². The van der Waals surface area contributed by atoms with Crippen molar-refractivity contribution in [2.75, 3.05) is 39.6 Å². The molecular weight excluding hydrogens is 1200 g/mol. The normalized spacial score (nSPS) is 14.3. The minimum Gasteiger partial charge on any atom is -0.462 e. The summed E-state index contributed by atoms with van der Waals surface area (Å²) in [5.74, 6) is -1.41. The third-order valence-electron chi connectivity index (χ3n) is 17.1. The zero-order valence-electron chi connectivity index (χ0n) is 59.0. The maximum absolute atomic E-state index is 13.1. The van der Waals surface area contributed by atoms with Gasteiger partial charge in [0.05, 0.1) is 26.4 Å². The molecule has 6 atom stereocenters. The van der Waals surface area contributed by atoms with Crippen LogP contribution in [0.3, 0.4) is 0 Å². The number of phosphoric acid groups is 2. The Morgan fingerprint density at radius 2 is 0.527 bits per heavy atom. The smallest absolute Gasteiger partial charge is 0.462 e. The van der Waals surface area contributed by atoms with Gasteiger partial charge in [0.2, 0.25) is 0 Å². The number of unbranched alkanes of at least 4 members (excludes halogenated alkanes) is 43. The van der Waals surface area contributed by atoms with Crippen molar-refractivity contribution in [3.05, 3.63) is 0 Å². The van der Waals surface area contributed by atoms with E-state index in [0.717, 1.165) is 102 Å². The van der Waals surface area contributed by atoms with Gasteiger partial charge in [-0.2, -0.15) is 0 Å². The van der Waals surface area contributed by atoms with Gasteiger partial charge >= 0.3 is 39.5 Å². The van der Waals surface area contributed by atoms with Gasteiger partial charge < -0.3 is 33.8 Å². The average molecular weight is 1340 g/mol. The van der Waals surface area contributed by atoms with Crippen LogP contribution in [0.1, 0.15) is 375 Å². The molecule has 0 saturated carbocycles. The molecule has 540 valence electrons. The highest BCUT2D eigenvalue weighted by atomic mass is 31.2. The summed E-state index contributed by atoms with van der Waals surface area (Å²) in [7, 11) is -9.89. The number of phosphoric ester groups is 2. The van der Waals surface area contributed by atoms with E-state index < -0.39 is 97.5 Å². The first-order valence-electron chi connectivity index (χ1n) is 37.7. The second kappa shape index (κ2) is 65.4. The predicted octanol–water partition coefficient (Wildman–Crippen LogP) is 20.9. The average Bonchev–Trinajstić information content (AvgIpc) is 3.61. The first-order chi connectivity index (χ1) is 44.1. The molecule has 0 heterocycles. The second-order valence-electron chi connectivity index (χ2n) is 26.2. The van der Waals surface area contributed by atoms with Crippen LogP contribution < -0.4 is 0 Å². The molecule has 0 saturated heterocycles. The maximum Gasteiger partial charge on any atom is 0.472 e. The van der Waals surface area contributed by atoms with Crippen molar-refractivity contribution in [1.29, 1.82) is 0 Å². The first-order valence-corrected chi connectivity index (χ1v) is 40.7. The summed E-state index contributed by atoms with van der Waals surface area (Å²) in [6.45, 7) is 7.12. The number of hydrogen-bond donors (Lipinski definition) is 3. The molecule has 0 aliphatic heterocycles. The number of carbonyl (C=O) groups excluding carboxylic acids is 4. The van der Waals surface area contributed by atoms with Crippen LogP contribution in [0, 0.1) is 5.92 Å². The molecule has 0 aromatic heterocycles. The molecule has 19 heteroatoms. The Kier molecular flexibility index (Phi) is 64.0. The highest BCUT2D eigenvalue weighted by molar-refractivity contribution is 7.47. The molecular formula is C72H140O17P2. The number of aliphatic hydroxyl groups excluding tert-OH is 1. The molecule has 0 fully saturated rings. The third-order valence-corrected chi connectivity index (χ3v) is 19.0. The lowest BCUT2D eigenvalue weighted by Crippen LogP contribution is -2.30. The molecule has 0 radical (unpaired) electrons. The lowest BCUT2D eigenvalue weighted by molar-refractivity contribution is -0.161. The van der Waals surface area contributed by atoms with Crippen molar-refractivity contribution in [3.8, 4) is 0 Å². The summed E-state index contributed by atoms with van der Waals surface area (Å²) in [5.41, 5.74) is 0. The van der Waals surface area contributed by atoms with E-state index in [0.29, 0.717) is 25.7 Å². The van der Waals surface area contributed by atoms with E-state index in [-0.39, 0.29) is 25.7 Å². The Labute approximate surface area is 556 Å². The van der Waals surface area contributed by atoms with Gasteiger partial charge in [0.25, 0.3) is 0 Å². The van der Waals surface area contributed by atoms with Crippen LogP contribution in [0.5, 0.6) is 0 Å². The molecule has 0 spiro atoms. The molecule has 3 unspecified atom stereocenters. The number of aliphatic hydroxyl groups is 1. The van der Waals surface area contributed by atoms with E-state index >= 15 is 0 Å². The number of ether oxygens (including phenoxy) is 4.